The number of amides is 3. The van der Waals surface area contributed by atoms with Gasteiger partial charge in [0.25, 0.3) is 0 Å². The van der Waals surface area contributed by atoms with E-state index in [2.05, 4.69) is 16.3 Å². The van der Waals surface area contributed by atoms with Crippen LogP contribution in [0.5, 0.6) is 0 Å². The lowest BCUT2D eigenvalue weighted by molar-refractivity contribution is -0.126. The van der Waals surface area contributed by atoms with Crippen molar-refractivity contribution in [2.24, 2.45) is 0 Å². The number of carbonyl (C=O) groups excluding carboxylic acids is 4. The normalized spacial score (nSPS) is 14.2. The lowest BCUT2D eigenvalue weighted by Crippen LogP contribution is -2.43. The average Bonchev–Trinajstić information content (AvgIpc) is 2.72. The van der Waals surface area contributed by atoms with Crippen LogP contribution in [0.1, 0.15) is 35.7 Å². The number of anilines is 1. The van der Waals surface area contributed by atoms with Crippen LogP contribution in [0.15, 0.2) is 18.2 Å². The molecule has 3 amide bonds. The summed E-state index contributed by atoms with van der Waals surface area (Å²) in [6, 6.07) is 6.03. The third-order valence-corrected chi connectivity index (χ3v) is 4.73. The molecule has 0 aromatic heterocycles. The van der Waals surface area contributed by atoms with Gasteiger partial charge in [0.1, 0.15) is 6.29 Å². The predicted octanol–water partition coefficient (Wildman–Crippen LogP) is 0.733. The fraction of sp³-hybridized carbons (Fsp3) is 0.500. The topological polar surface area (TPSA) is 98.8 Å². The van der Waals surface area contributed by atoms with Crippen LogP contribution in [-0.2, 0) is 14.4 Å². The van der Waals surface area contributed by atoms with Gasteiger partial charge in [-0.1, -0.05) is 0 Å². The summed E-state index contributed by atoms with van der Waals surface area (Å²) in [5.74, 6) is -0.318. The highest BCUT2D eigenvalue weighted by Crippen LogP contribution is 2.18. The number of piperazine rings is 1. The second-order valence-corrected chi connectivity index (χ2v) is 6.74. The number of hydrogen-bond donors (Lipinski definition) is 2. The Morgan fingerprint density at radius 1 is 1.29 bits per heavy atom. The SMILES string of the molecule is CC(CCC(=O)NC=O)N(C)C=O.Cc1cc(N2CCNCC2)ccc1C=O. The molecule has 1 atom stereocenters. The fourth-order valence-electron chi connectivity index (χ4n) is 2.70. The van der Waals surface area contributed by atoms with E-state index >= 15 is 0 Å². The molecule has 0 radical (unpaired) electrons. The molecule has 154 valence electrons. The van der Waals surface area contributed by atoms with Crippen molar-refractivity contribution in [1.82, 2.24) is 15.5 Å². The van der Waals surface area contributed by atoms with Gasteiger partial charge >= 0.3 is 0 Å². The molecule has 1 aromatic carbocycles. The summed E-state index contributed by atoms with van der Waals surface area (Å²) in [6.07, 6.45) is 2.78. The second-order valence-electron chi connectivity index (χ2n) is 6.74. The highest BCUT2D eigenvalue weighted by molar-refractivity contribution is 5.85. The maximum atomic E-state index is 10.8. The van der Waals surface area contributed by atoms with Gasteiger partial charge in [-0.2, -0.15) is 0 Å². The van der Waals surface area contributed by atoms with Crippen molar-refractivity contribution in [2.75, 3.05) is 38.1 Å². The van der Waals surface area contributed by atoms with Gasteiger partial charge in [0.2, 0.25) is 18.7 Å². The first kappa shape index (κ1) is 23.3. The molecule has 0 spiro atoms. The van der Waals surface area contributed by atoms with Crippen LogP contribution in [0.25, 0.3) is 0 Å². The minimum Gasteiger partial charge on any atom is -0.369 e. The zero-order valence-corrected chi connectivity index (χ0v) is 16.8. The number of rotatable bonds is 8. The first-order chi connectivity index (χ1) is 13.4. The van der Waals surface area contributed by atoms with E-state index in [4.69, 9.17) is 0 Å². The van der Waals surface area contributed by atoms with E-state index in [1.165, 1.54) is 10.6 Å². The summed E-state index contributed by atoms with van der Waals surface area (Å²) in [5, 5.41) is 5.36. The lowest BCUT2D eigenvalue weighted by atomic mass is 10.1. The Labute approximate surface area is 166 Å². The van der Waals surface area contributed by atoms with Crippen molar-refractivity contribution in [3.05, 3.63) is 29.3 Å². The molecule has 2 rings (SSSR count). The fourth-order valence-corrected chi connectivity index (χ4v) is 2.70. The van der Waals surface area contributed by atoms with E-state index < -0.39 is 0 Å². The molecule has 0 aliphatic carbocycles. The van der Waals surface area contributed by atoms with E-state index in [0.29, 0.717) is 19.2 Å². The summed E-state index contributed by atoms with van der Waals surface area (Å²) >= 11 is 0. The summed E-state index contributed by atoms with van der Waals surface area (Å²) < 4.78 is 0. The van der Waals surface area contributed by atoms with Gasteiger partial charge in [0.05, 0.1) is 0 Å². The average molecular weight is 390 g/mol. The minimum atomic E-state index is -0.318. The van der Waals surface area contributed by atoms with Gasteiger partial charge in [-0.3, -0.25) is 24.5 Å². The Morgan fingerprint density at radius 2 is 1.96 bits per heavy atom. The molecule has 0 bridgehead atoms. The Balaban J connectivity index is 0.000000284. The third kappa shape index (κ3) is 7.87. The molecular formula is C20H30N4O4. The molecule has 8 nitrogen and oxygen atoms in total. The molecule has 1 aromatic rings. The maximum Gasteiger partial charge on any atom is 0.226 e. The highest BCUT2D eigenvalue weighted by atomic mass is 16.2. The summed E-state index contributed by atoms with van der Waals surface area (Å²) in [6.45, 7) is 7.97. The Bertz CT molecular complexity index is 660. The van der Waals surface area contributed by atoms with Crippen LogP contribution in [0.3, 0.4) is 0 Å². The molecule has 28 heavy (non-hydrogen) atoms. The van der Waals surface area contributed by atoms with Crippen LogP contribution in [0, 0.1) is 6.92 Å². The minimum absolute atomic E-state index is 0.00917. The number of benzene rings is 1. The van der Waals surface area contributed by atoms with Crippen molar-refractivity contribution in [1.29, 1.82) is 0 Å². The zero-order chi connectivity index (χ0) is 20.9. The van der Waals surface area contributed by atoms with Crippen LogP contribution >= 0.6 is 0 Å². The zero-order valence-electron chi connectivity index (χ0n) is 16.8. The first-order valence-corrected chi connectivity index (χ1v) is 9.34. The second kappa shape index (κ2) is 12.6. The van der Waals surface area contributed by atoms with Gasteiger partial charge in [-0.15, -0.1) is 0 Å². The van der Waals surface area contributed by atoms with Crippen LogP contribution < -0.4 is 15.5 Å². The number of imide groups is 1. The van der Waals surface area contributed by atoms with E-state index in [-0.39, 0.29) is 18.4 Å². The van der Waals surface area contributed by atoms with Crippen LogP contribution in [0.4, 0.5) is 5.69 Å². The van der Waals surface area contributed by atoms with E-state index in [9.17, 15) is 19.2 Å². The maximum absolute atomic E-state index is 10.8. The molecular weight excluding hydrogens is 360 g/mol. The summed E-state index contributed by atoms with van der Waals surface area (Å²) in [7, 11) is 1.65. The summed E-state index contributed by atoms with van der Waals surface area (Å²) in [5.41, 5.74) is 3.06. The molecule has 1 aliphatic rings. The van der Waals surface area contributed by atoms with Crippen molar-refractivity contribution < 1.29 is 19.2 Å². The molecule has 1 unspecified atom stereocenters. The number of aryl methyl sites for hydroxylation is 1. The Morgan fingerprint density at radius 3 is 2.50 bits per heavy atom. The number of carbonyl (C=O) groups is 4. The van der Waals surface area contributed by atoms with Gasteiger partial charge in [0, 0.05) is 56.9 Å². The monoisotopic (exact) mass is 390 g/mol. The standard InChI is InChI=1S/C12H16N2O.C8H14N2O3/c1-10-8-12(3-2-11(10)9-15)14-6-4-13-5-7-14;1-7(10(2)6-12)3-4-8(13)9-5-11/h2-3,8-9,13H,4-7H2,1H3;5-7H,3-4H2,1-2H3,(H,9,11,13). The molecule has 2 N–H and O–H groups in total. The molecule has 1 saturated heterocycles. The number of nitrogens with one attached hydrogen (secondary N) is 2. The molecule has 1 aliphatic heterocycles. The number of nitrogens with zero attached hydrogens (tertiary/aromatic N) is 2. The van der Waals surface area contributed by atoms with E-state index in [1.807, 2.05) is 31.3 Å². The van der Waals surface area contributed by atoms with Crippen molar-refractivity contribution in [2.45, 2.75) is 32.7 Å². The molecule has 1 fully saturated rings. The molecule has 0 saturated carbocycles. The van der Waals surface area contributed by atoms with Crippen LogP contribution in [0.2, 0.25) is 0 Å². The highest BCUT2D eigenvalue weighted by Gasteiger charge is 2.11. The third-order valence-electron chi connectivity index (χ3n) is 4.73. The molecule has 8 heteroatoms. The number of hydrogen-bond acceptors (Lipinski definition) is 6. The Hall–Kier alpha value is -2.74. The quantitative estimate of drug-likeness (QED) is 0.635. The van der Waals surface area contributed by atoms with Crippen molar-refractivity contribution in [3.63, 3.8) is 0 Å². The smallest absolute Gasteiger partial charge is 0.226 e. The number of aldehydes is 1. The largest absolute Gasteiger partial charge is 0.369 e. The van der Waals surface area contributed by atoms with Crippen LogP contribution in [-0.4, -0.2) is 69.2 Å². The van der Waals surface area contributed by atoms with Crippen molar-refractivity contribution >= 4 is 30.7 Å². The lowest BCUT2D eigenvalue weighted by Gasteiger charge is -2.29. The Kier molecular flexibility index (Phi) is 10.5. The van der Waals surface area contributed by atoms with E-state index in [1.54, 1.807) is 7.05 Å². The van der Waals surface area contributed by atoms with Gasteiger partial charge in [0.15, 0.2) is 0 Å². The van der Waals surface area contributed by atoms with E-state index in [0.717, 1.165) is 43.6 Å². The van der Waals surface area contributed by atoms with Gasteiger partial charge in [-0.05, 0) is 44.0 Å². The van der Waals surface area contributed by atoms with Crippen molar-refractivity contribution in [3.8, 4) is 0 Å². The molecule has 1 heterocycles. The predicted molar refractivity (Wildman–Crippen MR) is 108 cm³/mol. The summed E-state index contributed by atoms with van der Waals surface area (Å²) in [4.78, 5) is 45.5. The first-order valence-electron chi connectivity index (χ1n) is 9.34. The van der Waals surface area contributed by atoms with Gasteiger partial charge in [-0.25, -0.2) is 0 Å². The van der Waals surface area contributed by atoms with Gasteiger partial charge < -0.3 is 15.1 Å².